The zero-order valence-corrected chi connectivity index (χ0v) is 14.1. The van der Waals surface area contributed by atoms with Crippen LogP contribution in [0.3, 0.4) is 0 Å². The van der Waals surface area contributed by atoms with Crippen molar-refractivity contribution in [2.45, 2.75) is 38.8 Å². The molecule has 1 aliphatic heterocycles. The summed E-state index contributed by atoms with van der Waals surface area (Å²) < 4.78 is 6.33. The summed E-state index contributed by atoms with van der Waals surface area (Å²) in [5.41, 5.74) is 7.89. The summed E-state index contributed by atoms with van der Waals surface area (Å²) in [6, 6.07) is 4.55. The molecule has 0 aromatic carbocycles. The zero-order valence-electron chi connectivity index (χ0n) is 14.1. The van der Waals surface area contributed by atoms with Gasteiger partial charge >= 0.3 is 0 Å². The van der Waals surface area contributed by atoms with E-state index in [-0.39, 0.29) is 6.10 Å². The fraction of sp³-hybridized carbons (Fsp3) is 0.444. The van der Waals surface area contributed by atoms with Crippen molar-refractivity contribution in [1.82, 2.24) is 19.9 Å². The Morgan fingerprint density at radius 2 is 2.08 bits per heavy atom. The molecule has 0 bridgehead atoms. The van der Waals surface area contributed by atoms with Crippen LogP contribution in [0.1, 0.15) is 26.7 Å². The first-order chi connectivity index (χ1) is 11.6. The first-order valence-electron chi connectivity index (χ1n) is 8.55. The number of aromatic amines is 1. The lowest BCUT2D eigenvalue weighted by molar-refractivity contribution is 0.0856. The lowest BCUT2D eigenvalue weighted by atomic mass is 10.1. The number of H-pyrrole nitrogens is 1. The molecule has 126 valence electrons. The van der Waals surface area contributed by atoms with Gasteiger partial charge in [0.1, 0.15) is 11.8 Å². The Kier molecular flexibility index (Phi) is 3.76. The Hall–Kier alpha value is -2.34. The molecule has 1 aliphatic rings. The van der Waals surface area contributed by atoms with Crippen molar-refractivity contribution in [3.05, 3.63) is 24.5 Å². The van der Waals surface area contributed by atoms with Gasteiger partial charge in [0, 0.05) is 30.7 Å². The molecule has 6 heteroatoms. The van der Waals surface area contributed by atoms with E-state index in [2.05, 4.69) is 33.7 Å². The number of aromatic nitrogens is 3. The molecule has 6 nitrogen and oxygen atoms in total. The van der Waals surface area contributed by atoms with Crippen molar-refractivity contribution in [3.8, 4) is 5.75 Å². The monoisotopic (exact) mass is 325 g/mol. The first kappa shape index (κ1) is 15.2. The number of nitrogen functional groups attached to an aromatic ring is 1. The lowest BCUT2D eigenvalue weighted by Gasteiger charge is -2.34. The molecule has 3 N–H and O–H groups in total. The van der Waals surface area contributed by atoms with Gasteiger partial charge in [-0.05, 0) is 38.8 Å². The Labute approximate surface area is 141 Å². The van der Waals surface area contributed by atoms with Crippen molar-refractivity contribution in [1.29, 1.82) is 0 Å². The van der Waals surface area contributed by atoms with Gasteiger partial charge in [-0.3, -0.25) is 0 Å². The predicted molar refractivity (Wildman–Crippen MR) is 96.2 cm³/mol. The van der Waals surface area contributed by atoms with E-state index >= 15 is 0 Å². The summed E-state index contributed by atoms with van der Waals surface area (Å²) >= 11 is 0. The molecule has 0 unspecified atom stereocenters. The number of hydrogen-bond acceptors (Lipinski definition) is 5. The highest BCUT2D eigenvalue weighted by molar-refractivity contribution is 6.10. The standard InChI is InChI=1S/C18H23N5O/c1-11(2)23-8-5-12(6-9-23)24-16-15-13-4-3-7-20-18(13)22-14(15)10-21-17(16)19/h3-4,7,10-12H,5-6,8-9H2,1-2H3,(H2,19,21)(H,20,22). The largest absolute Gasteiger partial charge is 0.486 e. The van der Waals surface area contributed by atoms with Crippen molar-refractivity contribution in [2.24, 2.45) is 0 Å². The summed E-state index contributed by atoms with van der Waals surface area (Å²) in [4.78, 5) is 14.4. The molecule has 3 aromatic rings. The molecule has 0 aliphatic carbocycles. The second kappa shape index (κ2) is 5.94. The van der Waals surface area contributed by atoms with Crippen LogP contribution in [0.5, 0.6) is 5.75 Å². The van der Waals surface area contributed by atoms with Gasteiger partial charge in [0.15, 0.2) is 11.6 Å². The van der Waals surface area contributed by atoms with Gasteiger partial charge in [-0.15, -0.1) is 0 Å². The van der Waals surface area contributed by atoms with Crippen LogP contribution in [0.2, 0.25) is 0 Å². The third-order valence-electron chi connectivity index (χ3n) is 4.88. The molecule has 4 rings (SSSR count). The summed E-state index contributed by atoms with van der Waals surface area (Å²) in [5.74, 6) is 1.13. The van der Waals surface area contributed by atoms with E-state index in [1.807, 2.05) is 12.1 Å². The Bertz CT molecular complexity index is 864. The maximum absolute atomic E-state index is 6.33. The maximum atomic E-state index is 6.33. The fourth-order valence-corrected chi connectivity index (χ4v) is 3.50. The van der Waals surface area contributed by atoms with Crippen LogP contribution in [-0.2, 0) is 0 Å². The van der Waals surface area contributed by atoms with Crippen LogP contribution in [-0.4, -0.2) is 45.1 Å². The molecule has 0 radical (unpaired) electrons. The van der Waals surface area contributed by atoms with Crippen molar-refractivity contribution < 1.29 is 4.74 Å². The molecule has 0 spiro atoms. The SMILES string of the molecule is CC(C)N1CCC(Oc2c(N)ncc3[nH]c4ncccc4c23)CC1. The number of pyridine rings is 2. The van der Waals surface area contributed by atoms with Gasteiger partial charge in [-0.25, -0.2) is 9.97 Å². The highest BCUT2D eigenvalue weighted by atomic mass is 16.5. The number of anilines is 1. The molecular formula is C18H23N5O. The third-order valence-corrected chi connectivity index (χ3v) is 4.88. The highest BCUT2D eigenvalue weighted by Crippen LogP contribution is 2.36. The number of nitrogens with zero attached hydrogens (tertiary/aromatic N) is 3. The second-order valence-electron chi connectivity index (χ2n) is 6.73. The Morgan fingerprint density at radius 3 is 2.83 bits per heavy atom. The highest BCUT2D eigenvalue weighted by Gasteiger charge is 2.24. The number of likely N-dealkylation sites (tertiary alicyclic amines) is 1. The zero-order chi connectivity index (χ0) is 16.7. The normalized spacial score (nSPS) is 17.1. The van der Waals surface area contributed by atoms with Crippen LogP contribution in [0.4, 0.5) is 5.82 Å². The van der Waals surface area contributed by atoms with E-state index in [1.54, 1.807) is 12.4 Å². The van der Waals surface area contributed by atoms with Crippen molar-refractivity contribution in [3.63, 3.8) is 0 Å². The number of hydrogen-bond donors (Lipinski definition) is 2. The van der Waals surface area contributed by atoms with E-state index in [4.69, 9.17) is 10.5 Å². The Morgan fingerprint density at radius 1 is 1.29 bits per heavy atom. The predicted octanol–water partition coefficient (Wildman–Crippen LogP) is 2.94. The van der Waals surface area contributed by atoms with Crippen molar-refractivity contribution >= 4 is 27.8 Å². The van der Waals surface area contributed by atoms with Crippen LogP contribution in [0.15, 0.2) is 24.5 Å². The van der Waals surface area contributed by atoms with E-state index in [0.717, 1.165) is 47.9 Å². The fourth-order valence-electron chi connectivity index (χ4n) is 3.50. The van der Waals surface area contributed by atoms with E-state index in [9.17, 15) is 0 Å². The molecule has 1 saturated heterocycles. The van der Waals surface area contributed by atoms with E-state index < -0.39 is 0 Å². The van der Waals surface area contributed by atoms with Crippen LogP contribution < -0.4 is 10.5 Å². The van der Waals surface area contributed by atoms with Crippen LogP contribution >= 0.6 is 0 Å². The topological polar surface area (TPSA) is 80.1 Å². The van der Waals surface area contributed by atoms with Crippen molar-refractivity contribution in [2.75, 3.05) is 18.8 Å². The summed E-state index contributed by atoms with van der Waals surface area (Å²) in [6.07, 6.45) is 5.72. The molecule has 0 saturated carbocycles. The van der Waals surface area contributed by atoms with Crippen LogP contribution in [0, 0.1) is 0 Å². The average molecular weight is 325 g/mol. The average Bonchev–Trinajstić information content (AvgIpc) is 2.97. The first-order valence-corrected chi connectivity index (χ1v) is 8.55. The quantitative estimate of drug-likeness (QED) is 0.774. The van der Waals surface area contributed by atoms with Gasteiger partial charge in [-0.2, -0.15) is 0 Å². The van der Waals surface area contributed by atoms with Gasteiger partial charge in [0.2, 0.25) is 0 Å². The van der Waals surface area contributed by atoms with Gasteiger partial charge < -0.3 is 20.4 Å². The lowest BCUT2D eigenvalue weighted by Crippen LogP contribution is -2.41. The summed E-state index contributed by atoms with van der Waals surface area (Å²) in [7, 11) is 0. The number of rotatable bonds is 3. The Balaban J connectivity index is 1.68. The minimum absolute atomic E-state index is 0.177. The maximum Gasteiger partial charge on any atom is 0.171 e. The van der Waals surface area contributed by atoms with Gasteiger partial charge in [0.05, 0.1) is 17.1 Å². The number of piperidine rings is 1. The number of ether oxygens (including phenoxy) is 1. The summed E-state index contributed by atoms with van der Waals surface area (Å²) in [5, 5.41) is 2.01. The third kappa shape index (κ3) is 2.57. The molecule has 0 atom stereocenters. The molecule has 3 aromatic heterocycles. The molecule has 4 heterocycles. The van der Waals surface area contributed by atoms with Gasteiger partial charge in [-0.1, -0.05) is 0 Å². The van der Waals surface area contributed by atoms with E-state index in [0.29, 0.717) is 17.6 Å². The number of fused-ring (bicyclic) bond motifs is 3. The number of nitrogens with one attached hydrogen (secondary N) is 1. The minimum atomic E-state index is 0.177. The van der Waals surface area contributed by atoms with E-state index in [1.165, 1.54) is 0 Å². The smallest absolute Gasteiger partial charge is 0.171 e. The van der Waals surface area contributed by atoms with Crippen LogP contribution in [0.25, 0.3) is 21.9 Å². The molecular weight excluding hydrogens is 302 g/mol. The molecule has 24 heavy (non-hydrogen) atoms. The number of nitrogens with two attached hydrogens (primary N) is 1. The minimum Gasteiger partial charge on any atom is -0.486 e. The summed E-state index contributed by atoms with van der Waals surface area (Å²) in [6.45, 7) is 6.59. The molecule has 0 amide bonds. The van der Waals surface area contributed by atoms with Gasteiger partial charge in [0.25, 0.3) is 0 Å². The second-order valence-corrected chi connectivity index (χ2v) is 6.73. The molecule has 1 fully saturated rings.